The molecule has 126 valence electrons. The van der Waals surface area contributed by atoms with E-state index >= 15 is 0 Å². The zero-order valence-corrected chi connectivity index (χ0v) is 14.8. The van der Waals surface area contributed by atoms with Crippen LogP contribution in [0.1, 0.15) is 48.4 Å². The van der Waals surface area contributed by atoms with Crippen LogP contribution in [0.2, 0.25) is 0 Å². The molecule has 0 spiro atoms. The summed E-state index contributed by atoms with van der Waals surface area (Å²) in [6.45, 7) is 1.95. The number of aryl methyl sites for hydroxylation is 2. The van der Waals surface area contributed by atoms with Crippen LogP contribution in [0.25, 0.3) is 0 Å². The molecule has 1 N–H and O–H groups in total. The van der Waals surface area contributed by atoms with Crippen molar-refractivity contribution in [2.75, 3.05) is 18.4 Å². The van der Waals surface area contributed by atoms with Crippen molar-refractivity contribution in [3.05, 3.63) is 51.7 Å². The fourth-order valence-electron chi connectivity index (χ4n) is 4.05. The number of benzene rings is 1. The SMILES string of the molecule is O=C(CCN1CCC[C@@H]1c1ccsc1)Nc1ccc2c(c1)CCC2. The van der Waals surface area contributed by atoms with Crippen molar-refractivity contribution in [3.8, 4) is 0 Å². The van der Waals surface area contributed by atoms with Gasteiger partial charge in [-0.3, -0.25) is 9.69 Å². The Bertz CT molecular complexity index is 710. The topological polar surface area (TPSA) is 32.3 Å². The van der Waals surface area contributed by atoms with Crippen LogP contribution in [0.3, 0.4) is 0 Å². The molecule has 1 aliphatic heterocycles. The van der Waals surface area contributed by atoms with Crippen LogP contribution < -0.4 is 5.32 Å². The van der Waals surface area contributed by atoms with Gasteiger partial charge in [-0.15, -0.1) is 0 Å². The van der Waals surface area contributed by atoms with E-state index in [2.05, 4.69) is 39.2 Å². The van der Waals surface area contributed by atoms with Gasteiger partial charge in [-0.05, 0) is 84.3 Å². The first-order valence-electron chi connectivity index (χ1n) is 8.97. The van der Waals surface area contributed by atoms with E-state index in [0.29, 0.717) is 12.5 Å². The van der Waals surface area contributed by atoms with Crippen LogP contribution in [0.4, 0.5) is 5.69 Å². The molecule has 4 rings (SSSR count). The molecule has 1 amide bonds. The largest absolute Gasteiger partial charge is 0.326 e. The Balaban J connectivity index is 1.32. The summed E-state index contributed by atoms with van der Waals surface area (Å²) in [6.07, 6.45) is 6.58. The summed E-state index contributed by atoms with van der Waals surface area (Å²) in [5, 5.41) is 7.47. The number of carbonyl (C=O) groups is 1. The predicted molar refractivity (Wildman–Crippen MR) is 99.6 cm³/mol. The zero-order chi connectivity index (χ0) is 16.4. The fraction of sp³-hybridized carbons (Fsp3) is 0.450. The molecule has 2 aromatic rings. The third-order valence-electron chi connectivity index (χ3n) is 5.30. The van der Waals surface area contributed by atoms with Gasteiger partial charge in [0.05, 0.1) is 0 Å². The van der Waals surface area contributed by atoms with E-state index in [0.717, 1.165) is 25.2 Å². The second-order valence-electron chi connectivity index (χ2n) is 6.89. The third kappa shape index (κ3) is 3.40. The Hall–Kier alpha value is -1.65. The van der Waals surface area contributed by atoms with Gasteiger partial charge in [-0.25, -0.2) is 0 Å². The normalized spacial score (nSPS) is 20.2. The smallest absolute Gasteiger partial charge is 0.225 e. The lowest BCUT2D eigenvalue weighted by atomic mass is 10.1. The predicted octanol–water partition coefficient (Wildman–Crippen LogP) is 4.40. The number of rotatable bonds is 5. The van der Waals surface area contributed by atoms with Crippen molar-refractivity contribution in [1.29, 1.82) is 0 Å². The molecule has 0 saturated carbocycles. The number of thiophene rings is 1. The van der Waals surface area contributed by atoms with E-state index in [1.165, 1.54) is 42.4 Å². The Morgan fingerprint density at radius 2 is 2.12 bits per heavy atom. The quantitative estimate of drug-likeness (QED) is 0.875. The van der Waals surface area contributed by atoms with Crippen LogP contribution in [0, 0.1) is 0 Å². The van der Waals surface area contributed by atoms with Crippen LogP contribution in [-0.2, 0) is 17.6 Å². The molecule has 0 radical (unpaired) electrons. The first-order valence-corrected chi connectivity index (χ1v) is 9.92. The number of hydrogen-bond donors (Lipinski definition) is 1. The maximum atomic E-state index is 12.3. The highest BCUT2D eigenvalue weighted by molar-refractivity contribution is 7.07. The molecule has 1 aliphatic carbocycles. The number of amides is 1. The number of nitrogens with zero attached hydrogens (tertiary/aromatic N) is 1. The second-order valence-corrected chi connectivity index (χ2v) is 7.67. The lowest BCUT2D eigenvalue weighted by molar-refractivity contribution is -0.116. The van der Waals surface area contributed by atoms with Gasteiger partial charge < -0.3 is 5.32 Å². The first kappa shape index (κ1) is 15.9. The van der Waals surface area contributed by atoms with Gasteiger partial charge in [0.15, 0.2) is 0 Å². The van der Waals surface area contributed by atoms with E-state index in [4.69, 9.17) is 0 Å². The molecule has 3 nitrogen and oxygen atoms in total. The van der Waals surface area contributed by atoms with Crippen molar-refractivity contribution >= 4 is 22.9 Å². The van der Waals surface area contributed by atoms with Crippen LogP contribution in [0.15, 0.2) is 35.0 Å². The van der Waals surface area contributed by atoms with E-state index in [1.807, 2.05) is 6.07 Å². The molecular formula is C20H24N2OS. The minimum atomic E-state index is 0.129. The minimum absolute atomic E-state index is 0.129. The highest BCUT2D eigenvalue weighted by Gasteiger charge is 2.26. The maximum Gasteiger partial charge on any atom is 0.225 e. The maximum absolute atomic E-state index is 12.3. The Morgan fingerprint density at radius 1 is 1.21 bits per heavy atom. The monoisotopic (exact) mass is 340 g/mol. The number of likely N-dealkylation sites (tertiary alicyclic amines) is 1. The summed E-state index contributed by atoms with van der Waals surface area (Å²) in [5.41, 5.74) is 5.22. The summed E-state index contributed by atoms with van der Waals surface area (Å²) < 4.78 is 0. The second kappa shape index (κ2) is 7.08. The zero-order valence-electron chi connectivity index (χ0n) is 14.0. The van der Waals surface area contributed by atoms with Gasteiger partial charge in [0.2, 0.25) is 5.91 Å². The Labute approximate surface area is 147 Å². The molecule has 0 bridgehead atoms. The van der Waals surface area contributed by atoms with Gasteiger partial charge in [-0.1, -0.05) is 6.07 Å². The average Bonchev–Trinajstić information content (AvgIpc) is 3.32. The average molecular weight is 340 g/mol. The fourth-order valence-corrected chi connectivity index (χ4v) is 4.76. The van der Waals surface area contributed by atoms with Gasteiger partial charge >= 0.3 is 0 Å². The summed E-state index contributed by atoms with van der Waals surface area (Å²) in [6, 6.07) is 9.10. The lowest BCUT2D eigenvalue weighted by Crippen LogP contribution is -2.27. The number of hydrogen-bond acceptors (Lipinski definition) is 3. The summed E-state index contributed by atoms with van der Waals surface area (Å²) >= 11 is 1.76. The third-order valence-corrected chi connectivity index (χ3v) is 6.00. The van der Waals surface area contributed by atoms with E-state index in [1.54, 1.807) is 11.3 Å². The summed E-state index contributed by atoms with van der Waals surface area (Å²) in [4.78, 5) is 14.8. The number of fused-ring (bicyclic) bond motifs is 1. The molecule has 0 unspecified atom stereocenters. The first-order chi connectivity index (χ1) is 11.8. The number of nitrogens with one attached hydrogen (secondary N) is 1. The van der Waals surface area contributed by atoms with Crippen molar-refractivity contribution in [2.45, 2.75) is 44.6 Å². The number of anilines is 1. The van der Waals surface area contributed by atoms with Crippen molar-refractivity contribution < 1.29 is 4.79 Å². The van der Waals surface area contributed by atoms with E-state index < -0.39 is 0 Å². The molecule has 1 aromatic heterocycles. The van der Waals surface area contributed by atoms with Gasteiger partial charge in [0.25, 0.3) is 0 Å². The van der Waals surface area contributed by atoms with Crippen molar-refractivity contribution in [1.82, 2.24) is 4.90 Å². The molecule has 1 atom stereocenters. The van der Waals surface area contributed by atoms with Crippen molar-refractivity contribution in [3.63, 3.8) is 0 Å². The standard InChI is InChI=1S/C20H24N2OS/c23-20(21-18-7-6-15-3-1-4-16(15)13-18)8-11-22-10-2-5-19(22)17-9-12-24-14-17/h6-7,9,12-14,19H,1-5,8,10-11H2,(H,21,23)/t19-/m1/s1. The van der Waals surface area contributed by atoms with Gasteiger partial charge in [0.1, 0.15) is 0 Å². The number of carbonyl (C=O) groups excluding carboxylic acids is 1. The molecular weight excluding hydrogens is 316 g/mol. The van der Waals surface area contributed by atoms with E-state index in [-0.39, 0.29) is 5.91 Å². The Kier molecular flexibility index (Phi) is 4.67. The minimum Gasteiger partial charge on any atom is -0.326 e. The molecule has 2 heterocycles. The lowest BCUT2D eigenvalue weighted by Gasteiger charge is -2.23. The summed E-state index contributed by atoms with van der Waals surface area (Å²) in [7, 11) is 0. The molecule has 1 fully saturated rings. The molecule has 1 aromatic carbocycles. The van der Waals surface area contributed by atoms with E-state index in [9.17, 15) is 4.79 Å². The Morgan fingerprint density at radius 3 is 3.00 bits per heavy atom. The molecule has 2 aliphatic rings. The summed E-state index contributed by atoms with van der Waals surface area (Å²) in [5.74, 6) is 0.129. The highest BCUT2D eigenvalue weighted by Crippen LogP contribution is 2.33. The molecule has 1 saturated heterocycles. The molecule has 24 heavy (non-hydrogen) atoms. The van der Waals surface area contributed by atoms with Crippen LogP contribution in [0.5, 0.6) is 0 Å². The van der Waals surface area contributed by atoms with Gasteiger partial charge in [0, 0.05) is 24.7 Å². The van der Waals surface area contributed by atoms with Crippen molar-refractivity contribution in [2.24, 2.45) is 0 Å². The molecule has 4 heteroatoms. The van der Waals surface area contributed by atoms with Crippen LogP contribution in [-0.4, -0.2) is 23.9 Å². The van der Waals surface area contributed by atoms with Gasteiger partial charge in [-0.2, -0.15) is 11.3 Å². The highest BCUT2D eigenvalue weighted by atomic mass is 32.1. The van der Waals surface area contributed by atoms with Crippen LogP contribution >= 0.6 is 11.3 Å².